The van der Waals surface area contributed by atoms with Gasteiger partial charge in [0.2, 0.25) is 0 Å². The smallest absolute Gasteiger partial charge is 0.306 e. The highest BCUT2D eigenvalue weighted by Crippen LogP contribution is 2.35. The quantitative estimate of drug-likeness (QED) is 0.512. The maximum atomic E-state index is 11.8. The molecule has 3 unspecified atom stereocenters. The standard InChI is InChI=1S/C16H30O2/c1-5-6-7-8-16(17)18-15-11-13(4)9-10-14(15)12(2)3/h12-15H,5-11H2,1-4H3. The molecule has 0 aromatic rings. The molecule has 0 saturated heterocycles. The van der Waals surface area contributed by atoms with Gasteiger partial charge < -0.3 is 4.74 Å². The van der Waals surface area contributed by atoms with Crippen LogP contribution in [0.25, 0.3) is 0 Å². The predicted octanol–water partition coefficient (Wildman–Crippen LogP) is 4.57. The lowest BCUT2D eigenvalue weighted by atomic mass is 9.75. The Morgan fingerprint density at radius 1 is 1.28 bits per heavy atom. The average molecular weight is 254 g/mol. The minimum Gasteiger partial charge on any atom is -0.462 e. The predicted molar refractivity (Wildman–Crippen MR) is 75.4 cm³/mol. The van der Waals surface area contributed by atoms with E-state index in [9.17, 15) is 4.79 Å². The third-order valence-corrected chi connectivity index (χ3v) is 4.23. The Hall–Kier alpha value is -0.530. The number of carbonyl (C=O) groups is 1. The van der Waals surface area contributed by atoms with Gasteiger partial charge in [-0.25, -0.2) is 0 Å². The molecule has 0 heterocycles. The number of carbonyl (C=O) groups excluding carboxylic acids is 1. The molecule has 1 fully saturated rings. The maximum absolute atomic E-state index is 11.8. The average Bonchev–Trinajstić information content (AvgIpc) is 2.29. The van der Waals surface area contributed by atoms with E-state index in [1.807, 2.05) is 0 Å². The Morgan fingerprint density at radius 2 is 2.00 bits per heavy atom. The van der Waals surface area contributed by atoms with Crippen LogP contribution in [0.15, 0.2) is 0 Å². The van der Waals surface area contributed by atoms with E-state index in [-0.39, 0.29) is 12.1 Å². The molecular formula is C16H30O2. The molecule has 1 aliphatic rings. The zero-order valence-electron chi connectivity index (χ0n) is 12.6. The summed E-state index contributed by atoms with van der Waals surface area (Å²) in [5.74, 6) is 1.91. The van der Waals surface area contributed by atoms with Crippen molar-refractivity contribution < 1.29 is 9.53 Å². The third-order valence-electron chi connectivity index (χ3n) is 4.23. The van der Waals surface area contributed by atoms with Crippen LogP contribution in [-0.4, -0.2) is 12.1 Å². The Labute approximate surface area is 112 Å². The van der Waals surface area contributed by atoms with Crippen molar-refractivity contribution >= 4 is 5.97 Å². The molecule has 1 aliphatic carbocycles. The molecule has 2 nitrogen and oxygen atoms in total. The van der Waals surface area contributed by atoms with Gasteiger partial charge in [0.15, 0.2) is 0 Å². The van der Waals surface area contributed by atoms with Crippen molar-refractivity contribution in [3.8, 4) is 0 Å². The van der Waals surface area contributed by atoms with Crippen molar-refractivity contribution in [1.82, 2.24) is 0 Å². The monoisotopic (exact) mass is 254 g/mol. The normalized spacial score (nSPS) is 28.4. The van der Waals surface area contributed by atoms with Crippen LogP contribution < -0.4 is 0 Å². The Kier molecular flexibility index (Phi) is 6.73. The van der Waals surface area contributed by atoms with Gasteiger partial charge >= 0.3 is 5.97 Å². The Morgan fingerprint density at radius 3 is 2.61 bits per heavy atom. The van der Waals surface area contributed by atoms with Crippen molar-refractivity contribution in [2.45, 2.75) is 78.7 Å². The minimum atomic E-state index is 0.0215. The number of rotatable bonds is 6. The van der Waals surface area contributed by atoms with Gasteiger partial charge in [-0.2, -0.15) is 0 Å². The van der Waals surface area contributed by atoms with E-state index < -0.39 is 0 Å². The van der Waals surface area contributed by atoms with Crippen molar-refractivity contribution in [2.75, 3.05) is 0 Å². The first-order valence-electron chi connectivity index (χ1n) is 7.74. The van der Waals surface area contributed by atoms with Crippen LogP contribution in [0.3, 0.4) is 0 Å². The molecule has 3 atom stereocenters. The topological polar surface area (TPSA) is 26.3 Å². The van der Waals surface area contributed by atoms with Gasteiger partial charge in [-0.05, 0) is 37.0 Å². The van der Waals surface area contributed by atoms with Crippen molar-refractivity contribution in [1.29, 1.82) is 0 Å². The lowest BCUT2D eigenvalue weighted by Crippen LogP contribution is -2.35. The number of unbranched alkanes of at least 4 members (excludes halogenated alkanes) is 2. The molecule has 0 spiro atoms. The first-order valence-corrected chi connectivity index (χ1v) is 7.74. The van der Waals surface area contributed by atoms with E-state index in [0.717, 1.165) is 25.7 Å². The van der Waals surface area contributed by atoms with Crippen molar-refractivity contribution in [3.63, 3.8) is 0 Å². The molecule has 1 rings (SSSR count). The summed E-state index contributed by atoms with van der Waals surface area (Å²) in [6, 6.07) is 0. The molecule has 2 heteroatoms. The zero-order chi connectivity index (χ0) is 13.5. The number of hydrogen-bond acceptors (Lipinski definition) is 2. The number of esters is 1. The summed E-state index contributed by atoms with van der Waals surface area (Å²) in [6.07, 6.45) is 7.59. The van der Waals surface area contributed by atoms with Crippen LogP contribution in [0.5, 0.6) is 0 Å². The van der Waals surface area contributed by atoms with Crippen LogP contribution in [0.4, 0.5) is 0 Å². The number of hydrogen-bond donors (Lipinski definition) is 0. The van der Waals surface area contributed by atoms with Gasteiger partial charge in [-0.15, -0.1) is 0 Å². The van der Waals surface area contributed by atoms with Gasteiger partial charge in [0.25, 0.3) is 0 Å². The van der Waals surface area contributed by atoms with Crippen LogP contribution >= 0.6 is 0 Å². The first-order chi connectivity index (χ1) is 8.54. The fourth-order valence-electron chi connectivity index (χ4n) is 3.00. The fourth-order valence-corrected chi connectivity index (χ4v) is 3.00. The van der Waals surface area contributed by atoms with E-state index in [4.69, 9.17) is 4.74 Å². The van der Waals surface area contributed by atoms with Crippen molar-refractivity contribution in [2.24, 2.45) is 17.8 Å². The highest BCUT2D eigenvalue weighted by atomic mass is 16.5. The molecule has 18 heavy (non-hydrogen) atoms. The summed E-state index contributed by atoms with van der Waals surface area (Å²) in [5, 5.41) is 0. The summed E-state index contributed by atoms with van der Waals surface area (Å²) in [6.45, 7) is 8.93. The second-order valence-corrected chi connectivity index (χ2v) is 6.31. The van der Waals surface area contributed by atoms with Gasteiger partial charge in [0.1, 0.15) is 6.10 Å². The Balaban J connectivity index is 2.42. The summed E-state index contributed by atoms with van der Waals surface area (Å²) < 4.78 is 5.74. The summed E-state index contributed by atoms with van der Waals surface area (Å²) in [5.41, 5.74) is 0. The van der Waals surface area contributed by atoms with E-state index in [2.05, 4.69) is 27.7 Å². The summed E-state index contributed by atoms with van der Waals surface area (Å²) in [7, 11) is 0. The summed E-state index contributed by atoms with van der Waals surface area (Å²) in [4.78, 5) is 11.8. The highest BCUT2D eigenvalue weighted by Gasteiger charge is 2.33. The van der Waals surface area contributed by atoms with Crippen molar-refractivity contribution in [3.05, 3.63) is 0 Å². The molecule has 0 aromatic heterocycles. The summed E-state index contributed by atoms with van der Waals surface area (Å²) >= 11 is 0. The Bertz CT molecular complexity index is 247. The fraction of sp³-hybridized carbons (Fsp3) is 0.938. The van der Waals surface area contributed by atoms with Gasteiger partial charge in [0, 0.05) is 6.42 Å². The minimum absolute atomic E-state index is 0.0215. The van der Waals surface area contributed by atoms with Crippen LogP contribution in [-0.2, 0) is 9.53 Å². The van der Waals surface area contributed by atoms with Gasteiger partial charge in [0.05, 0.1) is 0 Å². The molecule has 0 aromatic carbocycles. The second-order valence-electron chi connectivity index (χ2n) is 6.31. The molecule has 0 amide bonds. The van der Waals surface area contributed by atoms with E-state index in [0.29, 0.717) is 24.2 Å². The number of ether oxygens (including phenoxy) is 1. The SMILES string of the molecule is CCCCCC(=O)OC1CC(C)CCC1C(C)C. The molecule has 0 N–H and O–H groups in total. The highest BCUT2D eigenvalue weighted by molar-refractivity contribution is 5.69. The lowest BCUT2D eigenvalue weighted by Gasteiger charge is -2.36. The lowest BCUT2D eigenvalue weighted by molar-refractivity contribution is -0.156. The van der Waals surface area contributed by atoms with E-state index >= 15 is 0 Å². The second kappa shape index (κ2) is 7.81. The van der Waals surface area contributed by atoms with E-state index in [1.54, 1.807) is 0 Å². The molecular weight excluding hydrogens is 224 g/mol. The molecule has 0 aliphatic heterocycles. The third kappa shape index (κ3) is 4.99. The molecule has 0 radical (unpaired) electrons. The first kappa shape index (κ1) is 15.5. The zero-order valence-corrected chi connectivity index (χ0v) is 12.6. The largest absolute Gasteiger partial charge is 0.462 e. The molecule has 0 bridgehead atoms. The van der Waals surface area contributed by atoms with Gasteiger partial charge in [-0.1, -0.05) is 47.0 Å². The van der Waals surface area contributed by atoms with Gasteiger partial charge in [-0.3, -0.25) is 4.79 Å². The molecule has 106 valence electrons. The van der Waals surface area contributed by atoms with Crippen LogP contribution in [0, 0.1) is 17.8 Å². The molecule has 1 saturated carbocycles. The van der Waals surface area contributed by atoms with Crippen LogP contribution in [0.1, 0.15) is 72.6 Å². The van der Waals surface area contributed by atoms with Crippen LogP contribution in [0.2, 0.25) is 0 Å². The maximum Gasteiger partial charge on any atom is 0.306 e. The van der Waals surface area contributed by atoms with E-state index in [1.165, 1.54) is 12.8 Å².